The predicted octanol–water partition coefficient (Wildman–Crippen LogP) is 2.43. The molecule has 0 radical (unpaired) electrons. The molecule has 146 valence electrons. The summed E-state index contributed by atoms with van der Waals surface area (Å²) in [6.07, 6.45) is 3.45. The van der Waals surface area contributed by atoms with E-state index in [0.717, 1.165) is 23.1 Å². The standard InChI is InChI=1S/C18H23F2N5O2/c1-21-18(23-10-16-22-5-7-25(16)17(19)20)24-6-4-12-8-14(26-2)15(27-3)9-13(12)11-24/h5,7-9,17H,4,6,10-11H2,1-3H3,(H,21,23). The van der Waals surface area contributed by atoms with Crippen LogP contribution in [-0.4, -0.2) is 48.2 Å². The van der Waals surface area contributed by atoms with Crippen LogP contribution in [0.2, 0.25) is 0 Å². The molecule has 0 fully saturated rings. The quantitative estimate of drug-likeness (QED) is 0.639. The lowest BCUT2D eigenvalue weighted by molar-refractivity contribution is 0.0668. The van der Waals surface area contributed by atoms with Gasteiger partial charge in [0.05, 0.1) is 20.8 Å². The van der Waals surface area contributed by atoms with Gasteiger partial charge >= 0.3 is 6.55 Å². The van der Waals surface area contributed by atoms with E-state index in [2.05, 4.69) is 20.2 Å². The lowest BCUT2D eigenvalue weighted by atomic mass is 9.99. The second kappa shape index (κ2) is 8.24. The number of nitrogens with one attached hydrogen (secondary N) is 1. The molecule has 0 saturated heterocycles. The number of methoxy groups -OCH3 is 2. The van der Waals surface area contributed by atoms with Crippen LogP contribution in [0.25, 0.3) is 0 Å². The molecular weight excluding hydrogens is 356 g/mol. The van der Waals surface area contributed by atoms with E-state index in [1.165, 1.54) is 18.0 Å². The number of ether oxygens (including phenoxy) is 2. The number of guanidine groups is 1. The van der Waals surface area contributed by atoms with Crippen LogP contribution in [0.1, 0.15) is 23.5 Å². The number of imidazole rings is 1. The molecule has 1 aliphatic heterocycles. The van der Waals surface area contributed by atoms with Crippen molar-refractivity contribution in [2.75, 3.05) is 27.8 Å². The number of halogens is 2. The first-order chi connectivity index (χ1) is 13.1. The zero-order valence-corrected chi connectivity index (χ0v) is 15.6. The number of fused-ring (bicyclic) bond motifs is 1. The summed E-state index contributed by atoms with van der Waals surface area (Å²) in [6, 6.07) is 3.97. The molecular formula is C18H23F2N5O2. The normalized spacial score (nSPS) is 14.3. The third kappa shape index (κ3) is 3.96. The maximum atomic E-state index is 13.0. The highest BCUT2D eigenvalue weighted by atomic mass is 19.3. The van der Waals surface area contributed by atoms with E-state index >= 15 is 0 Å². The minimum Gasteiger partial charge on any atom is -0.493 e. The first kappa shape index (κ1) is 18.9. The maximum Gasteiger partial charge on any atom is 0.319 e. The Hall–Kier alpha value is -2.84. The largest absolute Gasteiger partial charge is 0.493 e. The highest BCUT2D eigenvalue weighted by Gasteiger charge is 2.22. The summed E-state index contributed by atoms with van der Waals surface area (Å²) in [4.78, 5) is 10.3. The molecule has 1 aromatic carbocycles. The number of hydrogen-bond donors (Lipinski definition) is 1. The zero-order valence-electron chi connectivity index (χ0n) is 15.6. The van der Waals surface area contributed by atoms with E-state index in [1.54, 1.807) is 21.3 Å². The van der Waals surface area contributed by atoms with Gasteiger partial charge in [0, 0.05) is 32.5 Å². The topological polar surface area (TPSA) is 63.9 Å². The summed E-state index contributed by atoms with van der Waals surface area (Å²) >= 11 is 0. The number of alkyl halides is 2. The fourth-order valence-corrected chi connectivity index (χ4v) is 3.21. The zero-order chi connectivity index (χ0) is 19.4. The Morgan fingerprint density at radius 3 is 2.59 bits per heavy atom. The van der Waals surface area contributed by atoms with Crippen LogP contribution in [0.4, 0.5) is 8.78 Å². The molecule has 0 unspecified atom stereocenters. The van der Waals surface area contributed by atoms with Crippen molar-refractivity contribution >= 4 is 5.96 Å². The fourth-order valence-electron chi connectivity index (χ4n) is 3.21. The Kier molecular flexibility index (Phi) is 5.78. The third-order valence-corrected chi connectivity index (χ3v) is 4.59. The minimum absolute atomic E-state index is 0.166. The van der Waals surface area contributed by atoms with E-state index in [0.29, 0.717) is 24.0 Å². The molecule has 2 aromatic rings. The van der Waals surface area contributed by atoms with E-state index in [9.17, 15) is 8.78 Å². The molecule has 1 aliphatic rings. The van der Waals surface area contributed by atoms with Crippen LogP contribution >= 0.6 is 0 Å². The molecule has 3 rings (SSSR count). The second-order valence-electron chi connectivity index (χ2n) is 6.08. The van der Waals surface area contributed by atoms with Gasteiger partial charge in [0.1, 0.15) is 5.82 Å². The van der Waals surface area contributed by atoms with E-state index in [-0.39, 0.29) is 12.4 Å². The van der Waals surface area contributed by atoms with Gasteiger partial charge in [0.2, 0.25) is 0 Å². The van der Waals surface area contributed by atoms with Crippen molar-refractivity contribution in [1.82, 2.24) is 19.8 Å². The molecule has 0 atom stereocenters. The Balaban J connectivity index is 1.72. The summed E-state index contributed by atoms with van der Waals surface area (Å²) < 4.78 is 37.5. The second-order valence-corrected chi connectivity index (χ2v) is 6.08. The Morgan fingerprint density at radius 2 is 1.96 bits per heavy atom. The van der Waals surface area contributed by atoms with Gasteiger partial charge in [-0.3, -0.25) is 9.56 Å². The van der Waals surface area contributed by atoms with Crippen molar-refractivity contribution in [3.05, 3.63) is 41.5 Å². The molecule has 27 heavy (non-hydrogen) atoms. The Morgan fingerprint density at radius 1 is 1.26 bits per heavy atom. The van der Waals surface area contributed by atoms with E-state index in [1.807, 2.05) is 12.1 Å². The fraction of sp³-hybridized carbons (Fsp3) is 0.444. The van der Waals surface area contributed by atoms with Crippen molar-refractivity contribution < 1.29 is 18.3 Å². The first-order valence-electron chi connectivity index (χ1n) is 8.56. The van der Waals surface area contributed by atoms with Gasteiger partial charge in [-0.05, 0) is 29.7 Å². The first-order valence-corrected chi connectivity index (χ1v) is 8.56. The molecule has 0 saturated carbocycles. The predicted molar refractivity (Wildman–Crippen MR) is 97.3 cm³/mol. The van der Waals surface area contributed by atoms with E-state index < -0.39 is 6.55 Å². The number of nitrogens with zero attached hydrogens (tertiary/aromatic N) is 4. The van der Waals surface area contributed by atoms with Gasteiger partial charge in [0.25, 0.3) is 0 Å². The van der Waals surface area contributed by atoms with Crippen LogP contribution in [0.15, 0.2) is 29.5 Å². The summed E-state index contributed by atoms with van der Waals surface area (Å²) in [5, 5.41) is 3.12. The highest BCUT2D eigenvalue weighted by molar-refractivity contribution is 5.80. The molecule has 0 bridgehead atoms. The smallest absolute Gasteiger partial charge is 0.319 e. The molecule has 0 spiro atoms. The molecule has 0 amide bonds. The maximum absolute atomic E-state index is 13.0. The molecule has 9 heteroatoms. The average molecular weight is 379 g/mol. The van der Waals surface area contributed by atoms with Crippen LogP contribution in [0.3, 0.4) is 0 Å². The van der Waals surface area contributed by atoms with Crippen molar-refractivity contribution in [2.45, 2.75) is 26.1 Å². The number of rotatable bonds is 5. The van der Waals surface area contributed by atoms with Crippen molar-refractivity contribution in [2.24, 2.45) is 4.99 Å². The summed E-state index contributed by atoms with van der Waals surface area (Å²) in [5.41, 5.74) is 2.32. The average Bonchev–Trinajstić information content (AvgIpc) is 3.16. The molecule has 7 nitrogen and oxygen atoms in total. The van der Waals surface area contributed by atoms with Gasteiger partial charge in [-0.15, -0.1) is 0 Å². The van der Waals surface area contributed by atoms with Gasteiger partial charge < -0.3 is 19.7 Å². The third-order valence-electron chi connectivity index (χ3n) is 4.59. The summed E-state index contributed by atoms with van der Waals surface area (Å²) in [5.74, 6) is 2.29. The molecule has 0 aliphatic carbocycles. The lowest BCUT2D eigenvalue weighted by Crippen LogP contribution is -2.44. The van der Waals surface area contributed by atoms with Crippen LogP contribution in [0.5, 0.6) is 11.5 Å². The lowest BCUT2D eigenvalue weighted by Gasteiger charge is -2.32. The molecule has 2 heterocycles. The van der Waals surface area contributed by atoms with Crippen LogP contribution in [0, 0.1) is 0 Å². The van der Waals surface area contributed by atoms with Gasteiger partial charge in [-0.1, -0.05) is 0 Å². The van der Waals surface area contributed by atoms with Crippen molar-refractivity contribution in [1.29, 1.82) is 0 Å². The SMILES string of the molecule is CN=C(NCc1nccn1C(F)F)N1CCc2cc(OC)c(OC)cc2C1. The van der Waals surface area contributed by atoms with Gasteiger partial charge in [-0.25, -0.2) is 4.98 Å². The molecule has 1 aromatic heterocycles. The number of aliphatic imine (C=N–C) groups is 1. The highest BCUT2D eigenvalue weighted by Crippen LogP contribution is 2.33. The molecule has 1 N–H and O–H groups in total. The van der Waals surface area contributed by atoms with Gasteiger partial charge in [0.15, 0.2) is 17.5 Å². The number of benzene rings is 1. The Bertz CT molecular complexity index is 822. The van der Waals surface area contributed by atoms with Crippen molar-refractivity contribution in [3.63, 3.8) is 0 Å². The Labute approximate surface area is 156 Å². The summed E-state index contributed by atoms with van der Waals surface area (Å²) in [7, 11) is 4.90. The number of hydrogen-bond acceptors (Lipinski definition) is 4. The van der Waals surface area contributed by atoms with Gasteiger partial charge in [-0.2, -0.15) is 8.78 Å². The van der Waals surface area contributed by atoms with Crippen molar-refractivity contribution in [3.8, 4) is 11.5 Å². The van der Waals surface area contributed by atoms with Crippen LogP contribution in [-0.2, 0) is 19.5 Å². The summed E-state index contributed by atoms with van der Waals surface area (Å²) in [6.45, 7) is -1.06. The van der Waals surface area contributed by atoms with Crippen LogP contribution < -0.4 is 14.8 Å². The number of aromatic nitrogens is 2. The monoisotopic (exact) mass is 379 g/mol. The minimum atomic E-state index is -2.62. The van der Waals surface area contributed by atoms with E-state index in [4.69, 9.17) is 9.47 Å².